The Hall–Kier alpha value is -2.37. The minimum atomic E-state index is -0.760. The van der Waals surface area contributed by atoms with Crippen molar-refractivity contribution in [2.45, 2.75) is 31.5 Å². The summed E-state index contributed by atoms with van der Waals surface area (Å²) in [5, 5.41) is 0. The van der Waals surface area contributed by atoms with E-state index < -0.39 is 12.1 Å². The molecule has 1 aliphatic heterocycles. The lowest BCUT2D eigenvalue weighted by atomic mass is 10.1. The van der Waals surface area contributed by atoms with E-state index in [1.807, 2.05) is 60.7 Å². The normalized spacial score (nSPS) is 17.3. The molecular formula is C20H23ClN2O3. The number of halogens is 1. The molecule has 1 saturated heterocycles. The highest BCUT2D eigenvalue weighted by atomic mass is 35.5. The maximum absolute atomic E-state index is 12.7. The van der Waals surface area contributed by atoms with Crippen LogP contribution in [-0.4, -0.2) is 29.4 Å². The third kappa shape index (κ3) is 4.62. The molecule has 0 saturated carbocycles. The number of carbonyl (C=O) groups excluding carboxylic acids is 2. The largest absolute Gasteiger partial charge is 0.459 e. The van der Waals surface area contributed by atoms with Gasteiger partial charge in [0.1, 0.15) is 18.7 Å². The smallest absolute Gasteiger partial charge is 0.329 e. The van der Waals surface area contributed by atoms with E-state index in [4.69, 9.17) is 10.5 Å². The minimum Gasteiger partial charge on any atom is -0.459 e. The number of nitrogens with two attached hydrogens (primary N) is 1. The standard InChI is InChI=1S/C20H22N2O3.ClH/c21-18(16-10-5-2-6-11-16)19(23)22-13-7-12-17(22)20(24)25-14-15-8-3-1-4-9-15;/h1-6,8-11,17-18H,7,12-14,21H2;1H/t17-,18+;/m1./s1. The van der Waals surface area contributed by atoms with Gasteiger partial charge >= 0.3 is 5.97 Å². The van der Waals surface area contributed by atoms with Crippen LogP contribution >= 0.6 is 12.4 Å². The molecule has 138 valence electrons. The average Bonchev–Trinajstić information content (AvgIpc) is 3.16. The van der Waals surface area contributed by atoms with Gasteiger partial charge in [-0.2, -0.15) is 0 Å². The van der Waals surface area contributed by atoms with Gasteiger partial charge in [-0.25, -0.2) is 4.79 Å². The van der Waals surface area contributed by atoms with E-state index in [1.54, 1.807) is 4.90 Å². The van der Waals surface area contributed by atoms with Crippen molar-refractivity contribution in [3.8, 4) is 0 Å². The summed E-state index contributed by atoms with van der Waals surface area (Å²) in [4.78, 5) is 26.7. The zero-order chi connectivity index (χ0) is 17.6. The summed E-state index contributed by atoms with van der Waals surface area (Å²) in [5.41, 5.74) is 7.77. The fourth-order valence-electron chi connectivity index (χ4n) is 3.08. The molecule has 2 aromatic carbocycles. The highest BCUT2D eigenvalue weighted by Gasteiger charge is 2.37. The molecule has 2 aromatic rings. The monoisotopic (exact) mass is 374 g/mol. The van der Waals surface area contributed by atoms with Gasteiger partial charge < -0.3 is 15.4 Å². The lowest BCUT2D eigenvalue weighted by Crippen LogP contribution is -2.45. The van der Waals surface area contributed by atoms with E-state index >= 15 is 0 Å². The van der Waals surface area contributed by atoms with Crippen LogP contribution in [0.2, 0.25) is 0 Å². The molecule has 2 atom stereocenters. The molecule has 5 nitrogen and oxygen atoms in total. The molecule has 0 unspecified atom stereocenters. The van der Waals surface area contributed by atoms with Crippen molar-refractivity contribution < 1.29 is 14.3 Å². The number of nitrogens with zero attached hydrogens (tertiary/aromatic N) is 1. The average molecular weight is 375 g/mol. The van der Waals surface area contributed by atoms with Crippen molar-refractivity contribution in [3.63, 3.8) is 0 Å². The first-order valence-electron chi connectivity index (χ1n) is 8.48. The number of hydrogen-bond acceptors (Lipinski definition) is 4. The molecule has 2 N–H and O–H groups in total. The Morgan fingerprint density at radius 2 is 1.69 bits per heavy atom. The van der Waals surface area contributed by atoms with Crippen molar-refractivity contribution in [1.29, 1.82) is 0 Å². The molecule has 1 fully saturated rings. The van der Waals surface area contributed by atoms with Crippen LogP contribution in [0.3, 0.4) is 0 Å². The summed E-state index contributed by atoms with van der Waals surface area (Å²) in [6, 6.07) is 17.4. The Kier molecular flexibility index (Phi) is 7.18. The predicted octanol–water partition coefficient (Wildman–Crippen LogP) is 2.84. The van der Waals surface area contributed by atoms with Gasteiger partial charge in [-0.3, -0.25) is 4.79 Å². The van der Waals surface area contributed by atoms with E-state index in [2.05, 4.69) is 0 Å². The Bertz CT molecular complexity index is 724. The SMILES string of the molecule is Cl.N[C@H](C(=O)N1CCC[C@@H]1C(=O)OCc1ccccc1)c1ccccc1. The number of likely N-dealkylation sites (tertiary alicyclic amines) is 1. The first kappa shape index (κ1) is 19.9. The van der Waals surface area contributed by atoms with Crippen molar-refractivity contribution in [3.05, 3.63) is 71.8 Å². The summed E-state index contributed by atoms with van der Waals surface area (Å²) in [6.07, 6.45) is 1.39. The van der Waals surface area contributed by atoms with Gasteiger partial charge in [0.05, 0.1) is 0 Å². The molecular weight excluding hydrogens is 352 g/mol. The van der Waals surface area contributed by atoms with Gasteiger partial charge in [-0.05, 0) is 24.0 Å². The number of benzene rings is 2. The highest BCUT2D eigenvalue weighted by molar-refractivity contribution is 5.88. The van der Waals surface area contributed by atoms with E-state index in [-0.39, 0.29) is 30.9 Å². The van der Waals surface area contributed by atoms with Gasteiger partial charge in [-0.15, -0.1) is 12.4 Å². The fourth-order valence-corrected chi connectivity index (χ4v) is 3.08. The van der Waals surface area contributed by atoms with Gasteiger partial charge in [-0.1, -0.05) is 60.7 Å². The topological polar surface area (TPSA) is 72.6 Å². The summed E-state index contributed by atoms with van der Waals surface area (Å²) < 4.78 is 5.40. The van der Waals surface area contributed by atoms with Crippen LogP contribution in [0, 0.1) is 0 Å². The van der Waals surface area contributed by atoms with E-state index in [0.717, 1.165) is 17.5 Å². The molecule has 1 heterocycles. The van der Waals surface area contributed by atoms with Crippen LogP contribution in [0.15, 0.2) is 60.7 Å². The molecule has 3 rings (SSSR count). The zero-order valence-electron chi connectivity index (χ0n) is 14.4. The van der Waals surface area contributed by atoms with Crippen molar-refractivity contribution >= 4 is 24.3 Å². The fraction of sp³-hybridized carbons (Fsp3) is 0.300. The Balaban J connectivity index is 0.00000243. The number of ether oxygens (including phenoxy) is 1. The second-order valence-electron chi connectivity index (χ2n) is 6.17. The van der Waals surface area contributed by atoms with Crippen LogP contribution in [0.25, 0.3) is 0 Å². The van der Waals surface area contributed by atoms with Crippen molar-refractivity contribution in [2.75, 3.05) is 6.54 Å². The Labute approximate surface area is 159 Å². The molecule has 0 spiro atoms. The summed E-state index contributed by atoms with van der Waals surface area (Å²) in [7, 11) is 0. The maximum Gasteiger partial charge on any atom is 0.329 e. The molecule has 0 aliphatic carbocycles. The first-order chi connectivity index (χ1) is 12.2. The van der Waals surface area contributed by atoms with Gasteiger partial charge in [0.25, 0.3) is 0 Å². The Morgan fingerprint density at radius 3 is 2.35 bits per heavy atom. The number of carbonyl (C=O) groups is 2. The van der Waals surface area contributed by atoms with E-state index in [0.29, 0.717) is 13.0 Å². The highest BCUT2D eigenvalue weighted by Crippen LogP contribution is 2.23. The predicted molar refractivity (Wildman–Crippen MR) is 102 cm³/mol. The van der Waals surface area contributed by atoms with E-state index in [9.17, 15) is 9.59 Å². The number of esters is 1. The Morgan fingerprint density at radius 1 is 1.08 bits per heavy atom. The lowest BCUT2D eigenvalue weighted by molar-refractivity contribution is -0.154. The second kappa shape index (κ2) is 9.36. The second-order valence-corrected chi connectivity index (χ2v) is 6.17. The molecule has 0 bridgehead atoms. The summed E-state index contributed by atoms with van der Waals surface area (Å²) >= 11 is 0. The van der Waals surface area contributed by atoms with Gasteiger partial charge in [0.15, 0.2) is 0 Å². The third-order valence-electron chi connectivity index (χ3n) is 4.46. The molecule has 0 radical (unpaired) electrons. The summed E-state index contributed by atoms with van der Waals surface area (Å²) in [6.45, 7) is 0.743. The molecule has 26 heavy (non-hydrogen) atoms. The third-order valence-corrected chi connectivity index (χ3v) is 4.46. The van der Waals surface area contributed by atoms with Crippen LogP contribution < -0.4 is 5.73 Å². The van der Waals surface area contributed by atoms with Crippen molar-refractivity contribution in [2.24, 2.45) is 5.73 Å². The van der Waals surface area contributed by atoms with Gasteiger partial charge in [0, 0.05) is 6.54 Å². The van der Waals surface area contributed by atoms with Crippen LogP contribution in [0.5, 0.6) is 0 Å². The van der Waals surface area contributed by atoms with Crippen LogP contribution in [0.4, 0.5) is 0 Å². The quantitative estimate of drug-likeness (QED) is 0.817. The van der Waals surface area contributed by atoms with E-state index in [1.165, 1.54) is 0 Å². The summed E-state index contributed by atoms with van der Waals surface area (Å²) in [5.74, 6) is -0.597. The van der Waals surface area contributed by atoms with Crippen molar-refractivity contribution in [1.82, 2.24) is 4.90 Å². The number of rotatable bonds is 5. The number of hydrogen-bond donors (Lipinski definition) is 1. The molecule has 1 aliphatic rings. The molecule has 6 heteroatoms. The maximum atomic E-state index is 12.7. The molecule has 0 aromatic heterocycles. The zero-order valence-corrected chi connectivity index (χ0v) is 15.2. The lowest BCUT2D eigenvalue weighted by Gasteiger charge is -2.26. The van der Waals surface area contributed by atoms with Crippen LogP contribution in [-0.2, 0) is 20.9 Å². The van der Waals surface area contributed by atoms with Gasteiger partial charge in [0.2, 0.25) is 5.91 Å². The van der Waals surface area contributed by atoms with Crippen LogP contribution in [0.1, 0.15) is 30.0 Å². The molecule has 1 amide bonds. The minimum absolute atomic E-state index is 0. The number of amides is 1. The first-order valence-corrected chi connectivity index (χ1v) is 8.48.